The average Bonchev–Trinajstić information content (AvgIpc) is 3.35. The molecular formula is C38H75N2+. The normalized spacial score (nSPS) is 11.6. The molecule has 0 spiro atoms. The lowest BCUT2D eigenvalue weighted by Gasteiger charge is -2.07. The van der Waals surface area contributed by atoms with Gasteiger partial charge in [0.15, 0.2) is 0 Å². The Balaban J connectivity index is 2.08. The van der Waals surface area contributed by atoms with E-state index in [-0.39, 0.29) is 0 Å². The molecule has 0 unspecified atom stereocenters. The summed E-state index contributed by atoms with van der Waals surface area (Å²) in [7, 11) is 0. The van der Waals surface area contributed by atoms with Crippen molar-refractivity contribution in [2.24, 2.45) is 0 Å². The molecular weight excluding hydrogens is 484 g/mol. The lowest BCUT2D eigenvalue weighted by Crippen LogP contribution is -2.37. The highest BCUT2D eigenvalue weighted by Gasteiger charge is 2.16. The summed E-state index contributed by atoms with van der Waals surface area (Å²) in [6.07, 6.45) is 47.5. The zero-order valence-corrected chi connectivity index (χ0v) is 28.2. The molecule has 2 heteroatoms. The lowest BCUT2D eigenvalue weighted by atomic mass is 10.0. The van der Waals surface area contributed by atoms with Crippen LogP contribution < -0.4 is 4.57 Å². The van der Waals surface area contributed by atoms with Crippen molar-refractivity contribution in [3.05, 3.63) is 18.2 Å². The van der Waals surface area contributed by atoms with Gasteiger partial charge in [-0.1, -0.05) is 181 Å². The Morgan fingerprint density at radius 3 is 1.18 bits per heavy atom. The van der Waals surface area contributed by atoms with Crippen molar-refractivity contribution in [2.45, 2.75) is 226 Å². The van der Waals surface area contributed by atoms with Crippen LogP contribution in [0.4, 0.5) is 0 Å². The fourth-order valence-corrected chi connectivity index (χ4v) is 6.30. The van der Waals surface area contributed by atoms with Gasteiger partial charge in [0.1, 0.15) is 12.4 Å². The average molecular weight is 560 g/mol. The summed E-state index contributed by atoms with van der Waals surface area (Å²) in [5.41, 5.74) is 0. The Hall–Kier alpha value is -0.790. The number of aryl methyl sites for hydroxylation is 2. The van der Waals surface area contributed by atoms with Crippen LogP contribution in [-0.4, -0.2) is 4.57 Å². The predicted octanol–water partition coefficient (Wildman–Crippen LogP) is 12.7. The third-order valence-electron chi connectivity index (χ3n) is 9.10. The minimum absolute atomic E-state index is 1.20. The molecule has 1 aromatic heterocycles. The van der Waals surface area contributed by atoms with E-state index >= 15 is 0 Å². The molecule has 236 valence electrons. The molecule has 1 heterocycles. The molecule has 1 rings (SSSR count). The maximum Gasteiger partial charge on any atom is 0.256 e. The van der Waals surface area contributed by atoms with Crippen LogP contribution in [-0.2, 0) is 19.5 Å². The van der Waals surface area contributed by atoms with Gasteiger partial charge < -0.3 is 0 Å². The van der Waals surface area contributed by atoms with E-state index in [4.69, 9.17) is 0 Å². The van der Waals surface area contributed by atoms with Crippen LogP contribution in [0.15, 0.2) is 12.4 Å². The Morgan fingerprint density at radius 1 is 0.425 bits per heavy atom. The molecule has 0 atom stereocenters. The van der Waals surface area contributed by atoms with Gasteiger partial charge in [-0.25, -0.2) is 9.13 Å². The third kappa shape index (κ3) is 21.9. The van der Waals surface area contributed by atoms with Gasteiger partial charge in [0, 0.05) is 6.42 Å². The molecule has 0 saturated carbocycles. The second-order valence-corrected chi connectivity index (χ2v) is 13.0. The number of hydrogen-bond acceptors (Lipinski definition) is 0. The molecule has 0 amide bonds. The van der Waals surface area contributed by atoms with Crippen LogP contribution in [0.1, 0.15) is 213 Å². The zero-order valence-electron chi connectivity index (χ0n) is 28.2. The number of hydrogen-bond donors (Lipinski definition) is 0. The summed E-state index contributed by atoms with van der Waals surface area (Å²) >= 11 is 0. The highest BCUT2D eigenvalue weighted by molar-refractivity contribution is 4.84. The first-order valence-electron chi connectivity index (χ1n) is 18.9. The van der Waals surface area contributed by atoms with Crippen molar-refractivity contribution in [3.63, 3.8) is 0 Å². The van der Waals surface area contributed by atoms with Crippen LogP contribution in [0.25, 0.3) is 0 Å². The molecule has 0 fully saturated rings. The Kier molecular flexibility index (Phi) is 27.6. The number of unbranched alkanes of at least 4 members (excludes halogenated alkanes) is 26. The molecule has 0 saturated heterocycles. The van der Waals surface area contributed by atoms with Crippen LogP contribution in [0.5, 0.6) is 0 Å². The van der Waals surface area contributed by atoms with E-state index in [0.717, 1.165) is 0 Å². The van der Waals surface area contributed by atoms with Gasteiger partial charge in [-0.15, -0.1) is 0 Å². The minimum atomic E-state index is 1.20. The highest BCUT2D eigenvalue weighted by atomic mass is 15.1. The highest BCUT2D eigenvalue weighted by Crippen LogP contribution is 2.15. The molecule has 0 aromatic carbocycles. The molecule has 2 nitrogen and oxygen atoms in total. The topological polar surface area (TPSA) is 8.81 Å². The van der Waals surface area contributed by atoms with Crippen LogP contribution in [0, 0.1) is 0 Å². The molecule has 0 aliphatic carbocycles. The second-order valence-electron chi connectivity index (χ2n) is 13.0. The van der Waals surface area contributed by atoms with E-state index in [2.05, 4.69) is 42.3 Å². The molecule has 0 N–H and O–H groups in total. The SMILES string of the molecule is CCCCCCCCCCCCCCCCCC[n+]1ccn(CCCC)c1CCCCCCCCCCCCC. The number of nitrogens with zero attached hydrogens (tertiary/aromatic N) is 2. The van der Waals surface area contributed by atoms with E-state index in [1.165, 1.54) is 206 Å². The van der Waals surface area contributed by atoms with Crippen molar-refractivity contribution in [1.82, 2.24) is 4.57 Å². The first kappa shape index (κ1) is 37.2. The Labute approximate surface area is 253 Å². The van der Waals surface area contributed by atoms with Gasteiger partial charge in [0.2, 0.25) is 0 Å². The van der Waals surface area contributed by atoms with Crippen LogP contribution >= 0.6 is 0 Å². The smallest absolute Gasteiger partial charge is 0.234 e. The van der Waals surface area contributed by atoms with Crippen molar-refractivity contribution >= 4 is 0 Å². The van der Waals surface area contributed by atoms with Crippen molar-refractivity contribution in [1.29, 1.82) is 0 Å². The van der Waals surface area contributed by atoms with Crippen LogP contribution in [0.3, 0.4) is 0 Å². The van der Waals surface area contributed by atoms with Gasteiger partial charge >= 0.3 is 0 Å². The first-order chi connectivity index (χ1) is 19.8. The Bertz CT molecular complexity index is 619. The fraction of sp³-hybridized carbons (Fsp3) is 0.921. The number of aromatic nitrogens is 2. The van der Waals surface area contributed by atoms with E-state index in [1.54, 1.807) is 5.82 Å². The minimum Gasteiger partial charge on any atom is -0.234 e. The quantitative estimate of drug-likeness (QED) is 0.0613. The monoisotopic (exact) mass is 560 g/mol. The van der Waals surface area contributed by atoms with Gasteiger partial charge in [-0.3, -0.25) is 0 Å². The van der Waals surface area contributed by atoms with E-state index in [9.17, 15) is 0 Å². The summed E-state index contributed by atoms with van der Waals surface area (Å²) in [4.78, 5) is 0. The molecule has 0 radical (unpaired) electrons. The van der Waals surface area contributed by atoms with Gasteiger partial charge in [-0.2, -0.15) is 0 Å². The van der Waals surface area contributed by atoms with Crippen molar-refractivity contribution in [3.8, 4) is 0 Å². The first-order valence-corrected chi connectivity index (χ1v) is 18.9. The lowest BCUT2D eigenvalue weighted by molar-refractivity contribution is -0.704. The van der Waals surface area contributed by atoms with Crippen LogP contribution in [0.2, 0.25) is 0 Å². The molecule has 0 aliphatic heterocycles. The summed E-state index contributed by atoms with van der Waals surface area (Å²) < 4.78 is 5.18. The van der Waals surface area contributed by atoms with E-state index in [0.29, 0.717) is 0 Å². The van der Waals surface area contributed by atoms with Gasteiger partial charge in [0.25, 0.3) is 5.82 Å². The molecule has 40 heavy (non-hydrogen) atoms. The summed E-state index contributed by atoms with van der Waals surface area (Å²) in [6.45, 7) is 9.37. The second kappa shape index (κ2) is 29.7. The molecule has 1 aromatic rings. The van der Waals surface area contributed by atoms with Crippen molar-refractivity contribution < 1.29 is 4.57 Å². The standard InChI is InChI=1S/C38H75N2/c1-4-7-10-12-14-16-18-19-20-21-22-24-26-28-30-32-35-40-37-36-39(34-9-6-3)38(40)33-31-29-27-25-23-17-15-13-11-8-5-2/h36-37H,4-35H2,1-3H3/q+1. The maximum absolute atomic E-state index is 2.61. The van der Waals surface area contributed by atoms with Gasteiger partial charge in [-0.05, 0) is 25.7 Å². The summed E-state index contributed by atoms with van der Waals surface area (Å²) in [5, 5.41) is 0. The zero-order chi connectivity index (χ0) is 28.8. The molecule has 0 bridgehead atoms. The maximum atomic E-state index is 2.61. The largest absolute Gasteiger partial charge is 0.256 e. The predicted molar refractivity (Wildman–Crippen MR) is 179 cm³/mol. The van der Waals surface area contributed by atoms with Gasteiger partial charge in [0.05, 0.1) is 13.1 Å². The molecule has 0 aliphatic rings. The summed E-state index contributed by atoms with van der Waals surface area (Å²) in [6, 6.07) is 0. The van der Waals surface area contributed by atoms with Crippen molar-refractivity contribution in [2.75, 3.05) is 0 Å². The third-order valence-corrected chi connectivity index (χ3v) is 9.10. The number of rotatable bonds is 32. The number of imidazole rings is 1. The Morgan fingerprint density at radius 2 is 0.775 bits per heavy atom. The summed E-state index contributed by atoms with van der Waals surface area (Å²) in [5.74, 6) is 1.60. The fourth-order valence-electron chi connectivity index (χ4n) is 6.30. The van der Waals surface area contributed by atoms with E-state index in [1.807, 2.05) is 0 Å². The van der Waals surface area contributed by atoms with E-state index < -0.39 is 0 Å².